The highest BCUT2D eigenvalue weighted by molar-refractivity contribution is 5.83. The van der Waals surface area contributed by atoms with Crippen molar-refractivity contribution in [1.82, 2.24) is 10.4 Å². The fraction of sp³-hybridized carbons (Fsp3) is 0.267. The maximum atomic E-state index is 5.22. The van der Waals surface area contributed by atoms with Crippen LogP contribution in [0.3, 0.4) is 0 Å². The van der Waals surface area contributed by atoms with E-state index in [0.717, 1.165) is 25.6 Å². The molecule has 4 nitrogen and oxygen atoms in total. The summed E-state index contributed by atoms with van der Waals surface area (Å²) in [5, 5.41) is 7.62. The summed E-state index contributed by atoms with van der Waals surface area (Å²) in [4.78, 5) is 9.59. The average Bonchev–Trinajstić information content (AvgIpc) is 2.92. The van der Waals surface area contributed by atoms with Crippen molar-refractivity contribution >= 4 is 16.7 Å². The Balaban J connectivity index is 1.71. The molecule has 2 aromatic carbocycles. The lowest BCUT2D eigenvalue weighted by Gasteiger charge is -2.17. The molecule has 0 spiro atoms. The van der Waals surface area contributed by atoms with Crippen LogP contribution in [0.5, 0.6) is 0 Å². The Hall–Kier alpha value is -2.07. The van der Waals surface area contributed by atoms with Crippen LogP contribution in [-0.2, 0) is 11.4 Å². The van der Waals surface area contributed by atoms with Crippen molar-refractivity contribution in [2.45, 2.75) is 6.54 Å². The minimum Gasteiger partial charge on any atom is -0.350 e. The molecule has 0 atom stereocenters. The lowest BCUT2D eigenvalue weighted by molar-refractivity contribution is -0.0582. The summed E-state index contributed by atoms with van der Waals surface area (Å²) in [6, 6.07) is 14.9. The number of guanidine groups is 1. The Bertz CT molecular complexity index is 609. The maximum Gasteiger partial charge on any atom is 0.218 e. The number of fused-ring (bicyclic) bond motifs is 1. The fourth-order valence-electron chi connectivity index (χ4n) is 2.28. The minimum atomic E-state index is 0.753. The zero-order valence-electron chi connectivity index (χ0n) is 11.0. The van der Waals surface area contributed by atoms with E-state index in [1.165, 1.54) is 16.3 Å². The lowest BCUT2D eigenvalue weighted by atomic mass is 10.1. The van der Waals surface area contributed by atoms with Gasteiger partial charge in [0, 0.05) is 6.54 Å². The van der Waals surface area contributed by atoms with Gasteiger partial charge in [-0.15, -0.1) is 0 Å². The van der Waals surface area contributed by atoms with Crippen LogP contribution in [0.1, 0.15) is 5.56 Å². The van der Waals surface area contributed by atoms with Crippen molar-refractivity contribution < 1.29 is 4.84 Å². The van der Waals surface area contributed by atoms with E-state index in [2.05, 4.69) is 52.8 Å². The van der Waals surface area contributed by atoms with Gasteiger partial charge in [-0.1, -0.05) is 36.4 Å². The van der Waals surface area contributed by atoms with E-state index in [0.29, 0.717) is 0 Å². The number of hydroxylamine groups is 2. The highest BCUT2D eigenvalue weighted by atomic mass is 16.7. The van der Waals surface area contributed by atoms with Gasteiger partial charge in [-0.25, -0.2) is 10.1 Å². The minimum absolute atomic E-state index is 0.753. The van der Waals surface area contributed by atoms with Crippen molar-refractivity contribution in [3.8, 4) is 0 Å². The smallest absolute Gasteiger partial charge is 0.218 e. The quantitative estimate of drug-likeness (QED) is 0.913. The Morgan fingerprint density at radius 3 is 2.89 bits per heavy atom. The Kier molecular flexibility index (Phi) is 3.33. The Morgan fingerprint density at radius 2 is 2.05 bits per heavy atom. The van der Waals surface area contributed by atoms with Crippen LogP contribution in [0.4, 0.5) is 0 Å². The summed E-state index contributed by atoms with van der Waals surface area (Å²) >= 11 is 0. The number of nitrogens with zero attached hydrogens (tertiary/aromatic N) is 2. The summed E-state index contributed by atoms with van der Waals surface area (Å²) in [6.07, 6.45) is 0. The molecular weight excluding hydrogens is 238 g/mol. The predicted molar refractivity (Wildman–Crippen MR) is 76.8 cm³/mol. The highest BCUT2D eigenvalue weighted by Gasteiger charge is 2.15. The third-order valence-corrected chi connectivity index (χ3v) is 3.29. The Labute approximate surface area is 112 Å². The third kappa shape index (κ3) is 2.53. The molecule has 0 aliphatic carbocycles. The van der Waals surface area contributed by atoms with Gasteiger partial charge in [0.1, 0.15) is 0 Å². The van der Waals surface area contributed by atoms with Crippen LogP contribution < -0.4 is 5.32 Å². The van der Waals surface area contributed by atoms with Crippen molar-refractivity contribution in [1.29, 1.82) is 0 Å². The van der Waals surface area contributed by atoms with E-state index in [1.807, 2.05) is 0 Å². The first-order valence-electron chi connectivity index (χ1n) is 6.44. The van der Waals surface area contributed by atoms with Crippen molar-refractivity contribution in [3.05, 3.63) is 48.0 Å². The molecule has 2 aromatic rings. The van der Waals surface area contributed by atoms with E-state index in [1.54, 1.807) is 12.2 Å². The van der Waals surface area contributed by atoms with Gasteiger partial charge in [0.25, 0.3) is 0 Å². The van der Waals surface area contributed by atoms with Crippen LogP contribution in [0, 0.1) is 0 Å². The Morgan fingerprint density at radius 1 is 1.21 bits per heavy atom. The van der Waals surface area contributed by atoms with Crippen LogP contribution >= 0.6 is 0 Å². The molecule has 1 aliphatic heterocycles. The second kappa shape index (κ2) is 5.28. The summed E-state index contributed by atoms with van der Waals surface area (Å²) in [7, 11) is 1.67. The topological polar surface area (TPSA) is 36.9 Å². The second-order valence-electron chi connectivity index (χ2n) is 4.53. The molecule has 0 aromatic heterocycles. The molecule has 0 saturated heterocycles. The number of aliphatic imine (C=N–C) groups is 1. The summed E-state index contributed by atoms with van der Waals surface area (Å²) in [6.45, 7) is 2.36. The molecule has 98 valence electrons. The van der Waals surface area contributed by atoms with E-state index in [-0.39, 0.29) is 0 Å². The molecule has 0 amide bonds. The van der Waals surface area contributed by atoms with Gasteiger partial charge in [-0.05, 0) is 22.4 Å². The molecule has 0 fully saturated rings. The van der Waals surface area contributed by atoms with Crippen LogP contribution in [0.2, 0.25) is 0 Å². The first-order valence-corrected chi connectivity index (χ1v) is 6.44. The standard InChI is InChI=1S/C15H17N3O/c1-19-18-9-8-16-15(18)17-11-12-6-7-13-4-2-3-5-14(13)10-12/h2-7,10H,8-9,11H2,1H3,(H,16,17). The van der Waals surface area contributed by atoms with E-state index >= 15 is 0 Å². The molecule has 0 radical (unpaired) electrons. The van der Waals surface area contributed by atoms with Crippen LogP contribution in [0.15, 0.2) is 47.5 Å². The first-order chi connectivity index (χ1) is 9.36. The molecule has 4 heteroatoms. The van der Waals surface area contributed by atoms with Crippen molar-refractivity contribution in [2.24, 2.45) is 4.99 Å². The second-order valence-corrected chi connectivity index (χ2v) is 4.53. The number of benzene rings is 2. The molecule has 1 aliphatic rings. The predicted octanol–water partition coefficient (Wildman–Crippen LogP) is 2.16. The van der Waals surface area contributed by atoms with Gasteiger partial charge in [0.05, 0.1) is 20.2 Å². The highest BCUT2D eigenvalue weighted by Crippen LogP contribution is 2.15. The van der Waals surface area contributed by atoms with Gasteiger partial charge in [0.2, 0.25) is 5.96 Å². The lowest BCUT2D eigenvalue weighted by Crippen LogP contribution is -2.37. The summed E-state index contributed by atoms with van der Waals surface area (Å²) in [5.74, 6) is 0.815. The molecule has 19 heavy (non-hydrogen) atoms. The molecule has 0 bridgehead atoms. The first kappa shape index (κ1) is 12.0. The zero-order chi connectivity index (χ0) is 13.1. The number of nitrogens with one attached hydrogen (secondary N) is 1. The summed E-state index contributed by atoms with van der Waals surface area (Å²) < 4.78 is 0. The molecule has 0 saturated carbocycles. The monoisotopic (exact) mass is 255 g/mol. The van der Waals surface area contributed by atoms with Gasteiger partial charge in [-0.3, -0.25) is 4.84 Å². The number of hydrogen-bond donors (Lipinski definition) is 1. The number of hydrogen-bond acceptors (Lipinski definition) is 4. The molecule has 1 N–H and O–H groups in total. The van der Waals surface area contributed by atoms with E-state index in [4.69, 9.17) is 4.84 Å². The van der Waals surface area contributed by atoms with Gasteiger partial charge in [-0.2, -0.15) is 0 Å². The van der Waals surface area contributed by atoms with Crippen LogP contribution in [0.25, 0.3) is 10.8 Å². The van der Waals surface area contributed by atoms with E-state index < -0.39 is 0 Å². The number of rotatable bonds is 3. The average molecular weight is 255 g/mol. The third-order valence-electron chi connectivity index (χ3n) is 3.29. The van der Waals surface area contributed by atoms with Crippen molar-refractivity contribution in [3.63, 3.8) is 0 Å². The molecule has 0 unspecified atom stereocenters. The molecule has 1 heterocycles. The van der Waals surface area contributed by atoms with Gasteiger partial charge in [0.15, 0.2) is 0 Å². The van der Waals surface area contributed by atoms with E-state index in [9.17, 15) is 0 Å². The van der Waals surface area contributed by atoms with Crippen LogP contribution in [-0.4, -0.2) is 31.2 Å². The van der Waals surface area contributed by atoms with Gasteiger partial charge >= 0.3 is 0 Å². The molecule has 3 rings (SSSR count). The maximum absolute atomic E-state index is 5.22. The summed E-state index contributed by atoms with van der Waals surface area (Å²) in [5.41, 5.74) is 1.24. The zero-order valence-corrected chi connectivity index (χ0v) is 11.0. The largest absolute Gasteiger partial charge is 0.350 e. The van der Waals surface area contributed by atoms with Crippen molar-refractivity contribution in [2.75, 3.05) is 20.2 Å². The normalized spacial score (nSPS) is 14.8. The fourth-order valence-corrected chi connectivity index (χ4v) is 2.28. The van der Waals surface area contributed by atoms with Gasteiger partial charge < -0.3 is 5.32 Å². The SMILES string of the molecule is CON1CCN=C1NCc1ccc2ccccc2c1. The molecular formula is C15H17N3O.